The number of hydrogen-bond donors (Lipinski definition) is 1. The van der Waals surface area contributed by atoms with Gasteiger partial charge in [0.15, 0.2) is 11.6 Å². The first-order chi connectivity index (χ1) is 10.1. The van der Waals surface area contributed by atoms with E-state index in [1.165, 1.54) is 30.3 Å². The van der Waals surface area contributed by atoms with Crippen LogP contribution in [-0.4, -0.2) is 5.16 Å². The molecule has 21 heavy (non-hydrogen) atoms. The first-order valence-electron chi connectivity index (χ1n) is 6.03. The average Bonchev–Trinajstić information content (AvgIpc) is 2.81. The van der Waals surface area contributed by atoms with E-state index in [9.17, 15) is 8.78 Å². The maximum atomic E-state index is 13.4. The van der Waals surface area contributed by atoms with Crippen molar-refractivity contribution in [2.45, 2.75) is 0 Å². The van der Waals surface area contributed by atoms with Gasteiger partial charge in [0.1, 0.15) is 11.6 Å². The summed E-state index contributed by atoms with van der Waals surface area (Å²) >= 11 is 6.04. The highest BCUT2D eigenvalue weighted by Crippen LogP contribution is 2.40. The van der Waals surface area contributed by atoms with Crippen LogP contribution in [-0.2, 0) is 0 Å². The molecular weight excluding hydrogens is 298 g/mol. The number of rotatable bonds is 2. The Kier molecular flexibility index (Phi) is 3.35. The van der Waals surface area contributed by atoms with E-state index < -0.39 is 11.6 Å². The Morgan fingerprint density at radius 1 is 1.05 bits per heavy atom. The Balaban J connectivity index is 2.22. The average molecular weight is 307 g/mol. The monoisotopic (exact) mass is 306 g/mol. The summed E-state index contributed by atoms with van der Waals surface area (Å²) in [5.41, 5.74) is 7.15. The molecule has 0 aliphatic heterocycles. The molecule has 1 aromatic heterocycles. The number of aromatic nitrogens is 1. The summed E-state index contributed by atoms with van der Waals surface area (Å²) in [5.74, 6) is -0.506. The van der Waals surface area contributed by atoms with Gasteiger partial charge in [-0.1, -0.05) is 28.9 Å². The van der Waals surface area contributed by atoms with Crippen molar-refractivity contribution in [1.82, 2.24) is 5.16 Å². The topological polar surface area (TPSA) is 52.0 Å². The molecule has 6 heteroatoms. The van der Waals surface area contributed by atoms with Gasteiger partial charge in [0.05, 0.1) is 10.6 Å². The van der Waals surface area contributed by atoms with Crippen LogP contribution in [0, 0.1) is 11.6 Å². The van der Waals surface area contributed by atoms with Crippen LogP contribution in [0.5, 0.6) is 0 Å². The molecule has 3 rings (SSSR count). The second-order valence-electron chi connectivity index (χ2n) is 4.41. The standard InChI is InChI=1S/C15H9ClF2N2O/c16-12-7-10(18)4-5-11(12)13-14(21-20-15(13)19)8-2-1-3-9(17)6-8/h1-7H,(H2,19,20). The van der Waals surface area contributed by atoms with Crippen LogP contribution >= 0.6 is 11.6 Å². The normalized spacial score (nSPS) is 10.8. The zero-order valence-corrected chi connectivity index (χ0v) is 11.4. The van der Waals surface area contributed by atoms with E-state index in [4.69, 9.17) is 21.9 Å². The van der Waals surface area contributed by atoms with Crippen molar-refractivity contribution >= 4 is 17.4 Å². The number of anilines is 1. The molecule has 0 spiro atoms. The Labute approximate surface area is 123 Å². The lowest BCUT2D eigenvalue weighted by Crippen LogP contribution is -1.90. The fraction of sp³-hybridized carbons (Fsp3) is 0. The highest BCUT2D eigenvalue weighted by molar-refractivity contribution is 6.33. The lowest BCUT2D eigenvalue weighted by Gasteiger charge is -2.05. The van der Waals surface area contributed by atoms with Crippen LogP contribution in [0.4, 0.5) is 14.6 Å². The zero-order valence-electron chi connectivity index (χ0n) is 10.6. The first-order valence-corrected chi connectivity index (χ1v) is 6.40. The summed E-state index contributed by atoms with van der Waals surface area (Å²) in [6, 6.07) is 9.70. The predicted molar refractivity (Wildman–Crippen MR) is 76.7 cm³/mol. The molecule has 0 fully saturated rings. The number of nitrogens with zero attached hydrogens (tertiary/aromatic N) is 1. The minimum Gasteiger partial charge on any atom is -0.380 e. The van der Waals surface area contributed by atoms with E-state index in [1.807, 2.05) is 0 Å². The van der Waals surface area contributed by atoms with Crippen LogP contribution in [0.1, 0.15) is 0 Å². The molecule has 3 aromatic rings. The number of nitrogen functional groups attached to an aromatic ring is 1. The molecule has 3 nitrogen and oxygen atoms in total. The molecule has 106 valence electrons. The van der Waals surface area contributed by atoms with Crippen molar-refractivity contribution in [2.75, 3.05) is 5.73 Å². The smallest absolute Gasteiger partial charge is 0.177 e. The van der Waals surface area contributed by atoms with Crippen molar-refractivity contribution in [3.05, 3.63) is 59.1 Å². The highest BCUT2D eigenvalue weighted by Gasteiger charge is 2.20. The van der Waals surface area contributed by atoms with E-state index in [2.05, 4.69) is 5.16 Å². The van der Waals surface area contributed by atoms with E-state index in [-0.39, 0.29) is 16.6 Å². The van der Waals surface area contributed by atoms with Gasteiger partial charge in [-0.25, -0.2) is 8.78 Å². The third-order valence-electron chi connectivity index (χ3n) is 3.01. The van der Waals surface area contributed by atoms with E-state index >= 15 is 0 Å². The zero-order chi connectivity index (χ0) is 15.0. The Bertz CT molecular complexity index is 817. The van der Waals surface area contributed by atoms with Gasteiger partial charge in [-0.15, -0.1) is 0 Å². The van der Waals surface area contributed by atoms with Gasteiger partial charge in [-0.05, 0) is 30.3 Å². The van der Waals surface area contributed by atoms with E-state index in [1.54, 1.807) is 12.1 Å². The van der Waals surface area contributed by atoms with Crippen LogP contribution < -0.4 is 5.73 Å². The summed E-state index contributed by atoms with van der Waals surface area (Å²) < 4.78 is 31.7. The second-order valence-corrected chi connectivity index (χ2v) is 4.81. The summed E-state index contributed by atoms with van der Waals surface area (Å²) in [4.78, 5) is 0. The maximum Gasteiger partial charge on any atom is 0.177 e. The summed E-state index contributed by atoms with van der Waals surface area (Å²) in [7, 11) is 0. The fourth-order valence-electron chi connectivity index (χ4n) is 2.08. The maximum absolute atomic E-state index is 13.4. The predicted octanol–water partition coefficient (Wildman–Crippen LogP) is 4.52. The Hall–Kier alpha value is -2.40. The molecule has 0 amide bonds. The summed E-state index contributed by atoms with van der Waals surface area (Å²) in [6.45, 7) is 0. The molecule has 0 radical (unpaired) electrons. The third kappa shape index (κ3) is 2.48. The van der Waals surface area contributed by atoms with Gasteiger partial charge in [-0.2, -0.15) is 0 Å². The van der Waals surface area contributed by atoms with Gasteiger partial charge in [-0.3, -0.25) is 0 Å². The minimum atomic E-state index is -0.467. The largest absolute Gasteiger partial charge is 0.380 e. The molecule has 0 saturated carbocycles. The van der Waals surface area contributed by atoms with Gasteiger partial charge >= 0.3 is 0 Å². The summed E-state index contributed by atoms with van der Waals surface area (Å²) in [6.07, 6.45) is 0. The van der Waals surface area contributed by atoms with Crippen molar-refractivity contribution in [3.63, 3.8) is 0 Å². The van der Waals surface area contributed by atoms with Crippen molar-refractivity contribution in [3.8, 4) is 22.5 Å². The minimum absolute atomic E-state index is 0.0998. The molecule has 0 saturated heterocycles. The van der Waals surface area contributed by atoms with Crippen molar-refractivity contribution < 1.29 is 13.3 Å². The Morgan fingerprint density at radius 2 is 1.81 bits per heavy atom. The van der Waals surface area contributed by atoms with Crippen molar-refractivity contribution in [2.24, 2.45) is 0 Å². The highest BCUT2D eigenvalue weighted by atomic mass is 35.5. The van der Waals surface area contributed by atoms with Crippen LogP contribution in [0.3, 0.4) is 0 Å². The van der Waals surface area contributed by atoms with E-state index in [0.29, 0.717) is 16.7 Å². The fourth-order valence-corrected chi connectivity index (χ4v) is 2.34. The number of benzene rings is 2. The lowest BCUT2D eigenvalue weighted by molar-refractivity contribution is 0.436. The first kappa shape index (κ1) is 13.6. The molecule has 0 aliphatic rings. The van der Waals surface area contributed by atoms with Crippen LogP contribution in [0.15, 0.2) is 47.0 Å². The number of hydrogen-bond acceptors (Lipinski definition) is 3. The van der Waals surface area contributed by atoms with Crippen LogP contribution in [0.25, 0.3) is 22.5 Å². The van der Waals surface area contributed by atoms with Crippen LogP contribution in [0.2, 0.25) is 5.02 Å². The van der Waals surface area contributed by atoms with Gasteiger partial charge in [0.2, 0.25) is 0 Å². The molecule has 0 bridgehead atoms. The Morgan fingerprint density at radius 3 is 2.52 bits per heavy atom. The third-order valence-corrected chi connectivity index (χ3v) is 3.32. The van der Waals surface area contributed by atoms with Gasteiger partial charge in [0.25, 0.3) is 0 Å². The number of nitrogens with two attached hydrogens (primary N) is 1. The molecule has 2 aromatic carbocycles. The quantitative estimate of drug-likeness (QED) is 0.757. The van der Waals surface area contributed by atoms with Gasteiger partial charge in [0, 0.05) is 11.1 Å². The second kappa shape index (κ2) is 5.18. The molecule has 0 atom stereocenters. The molecule has 1 heterocycles. The molecule has 2 N–H and O–H groups in total. The SMILES string of the molecule is Nc1noc(-c2cccc(F)c2)c1-c1ccc(F)cc1Cl. The number of halogens is 3. The molecule has 0 aliphatic carbocycles. The van der Waals surface area contributed by atoms with Gasteiger partial charge < -0.3 is 10.3 Å². The summed E-state index contributed by atoms with van der Waals surface area (Å²) in [5, 5.41) is 3.86. The molecular formula is C15H9ClF2N2O. The lowest BCUT2D eigenvalue weighted by atomic mass is 10.0. The molecule has 0 unspecified atom stereocenters. The van der Waals surface area contributed by atoms with Crippen molar-refractivity contribution in [1.29, 1.82) is 0 Å². The van der Waals surface area contributed by atoms with E-state index in [0.717, 1.165) is 0 Å².